The third-order valence-corrected chi connectivity index (χ3v) is 2.90. The van der Waals surface area contributed by atoms with Gasteiger partial charge in [0.2, 0.25) is 0 Å². The molecule has 3 N–H and O–H groups in total. The highest BCUT2D eigenvalue weighted by molar-refractivity contribution is 7.22. The maximum Gasteiger partial charge on any atom is 0.413 e. The van der Waals surface area contributed by atoms with Gasteiger partial charge in [-0.25, -0.2) is 14.5 Å². The summed E-state index contributed by atoms with van der Waals surface area (Å²) in [4.78, 5) is 15.8. The number of carbonyl (C=O) groups excluding carboxylic acids is 1. The number of anilines is 2. The number of rotatable bonds is 1. The summed E-state index contributed by atoms with van der Waals surface area (Å²) in [6.07, 6.45) is -0.547. The molecular weight excluding hydrogens is 254 g/mol. The maximum atomic E-state index is 11.7. The summed E-state index contributed by atoms with van der Waals surface area (Å²) in [7, 11) is 1.74. The van der Waals surface area contributed by atoms with Crippen LogP contribution in [0.25, 0.3) is 10.3 Å². The molecule has 0 aliphatic rings. The summed E-state index contributed by atoms with van der Waals surface area (Å²) in [5, 5.41) is 7.19. The number of hydrogen-bond donors (Lipinski definition) is 2. The second-order valence-corrected chi connectivity index (χ2v) is 5.83. The quantitative estimate of drug-likeness (QED) is 0.825. The number of aromatic nitrogens is 3. The van der Waals surface area contributed by atoms with Crippen molar-refractivity contribution in [2.45, 2.75) is 26.4 Å². The van der Waals surface area contributed by atoms with E-state index in [4.69, 9.17) is 10.5 Å². The summed E-state index contributed by atoms with van der Waals surface area (Å²) in [6.45, 7) is 5.39. The van der Waals surface area contributed by atoms with E-state index >= 15 is 0 Å². The van der Waals surface area contributed by atoms with Crippen molar-refractivity contribution >= 4 is 38.7 Å². The molecule has 2 aromatic rings. The van der Waals surface area contributed by atoms with Crippen LogP contribution in [-0.4, -0.2) is 26.5 Å². The number of nitrogens with zero attached hydrogens (tertiary/aromatic N) is 3. The van der Waals surface area contributed by atoms with E-state index in [9.17, 15) is 4.79 Å². The number of carbonyl (C=O) groups is 1. The smallest absolute Gasteiger partial charge is 0.413 e. The zero-order valence-corrected chi connectivity index (χ0v) is 11.5. The Hall–Kier alpha value is -1.83. The topological polar surface area (TPSA) is 95.1 Å². The van der Waals surface area contributed by atoms with Gasteiger partial charge in [-0.3, -0.25) is 5.32 Å². The van der Waals surface area contributed by atoms with Crippen LogP contribution in [0.15, 0.2) is 0 Å². The van der Waals surface area contributed by atoms with E-state index in [1.54, 1.807) is 32.5 Å². The molecule has 8 heteroatoms. The molecule has 0 saturated heterocycles. The van der Waals surface area contributed by atoms with Crippen LogP contribution in [0, 0.1) is 0 Å². The minimum Gasteiger partial charge on any atom is -0.444 e. The summed E-state index contributed by atoms with van der Waals surface area (Å²) in [6, 6.07) is 0. The molecule has 98 valence electrons. The van der Waals surface area contributed by atoms with E-state index < -0.39 is 11.7 Å². The highest BCUT2D eigenvalue weighted by Gasteiger charge is 2.20. The largest absolute Gasteiger partial charge is 0.444 e. The van der Waals surface area contributed by atoms with E-state index in [2.05, 4.69) is 15.4 Å². The van der Waals surface area contributed by atoms with Crippen LogP contribution in [-0.2, 0) is 11.8 Å². The summed E-state index contributed by atoms with van der Waals surface area (Å²) >= 11 is 1.27. The van der Waals surface area contributed by atoms with Crippen LogP contribution in [0.2, 0.25) is 0 Å². The molecule has 18 heavy (non-hydrogen) atoms. The molecule has 2 heterocycles. The Morgan fingerprint density at radius 1 is 1.50 bits per heavy atom. The zero-order chi connectivity index (χ0) is 13.5. The minimum absolute atomic E-state index is 0.413. The van der Waals surface area contributed by atoms with Crippen molar-refractivity contribution < 1.29 is 9.53 Å². The standard InChI is InChI=1S/C10H15N5O2S/c1-10(2,3)17-9(16)12-6-5-7(15(4)14-6)13-8(11)18-5/h1-4H3,(H2,11,13)(H,12,14,16). The molecule has 2 rings (SSSR count). The molecule has 0 atom stereocenters. The van der Waals surface area contributed by atoms with E-state index in [-0.39, 0.29) is 0 Å². The van der Waals surface area contributed by atoms with Gasteiger partial charge < -0.3 is 10.5 Å². The van der Waals surface area contributed by atoms with Crippen molar-refractivity contribution in [2.24, 2.45) is 7.05 Å². The Morgan fingerprint density at radius 2 is 2.17 bits per heavy atom. The van der Waals surface area contributed by atoms with Gasteiger partial charge in [0.15, 0.2) is 16.6 Å². The fourth-order valence-electron chi connectivity index (χ4n) is 1.43. The van der Waals surface area contributed by atoms with Gasteiger partial charge in [0, 0.05) is 7.05 Å². The maximum absolute atomic E-state index is 11.7. The first-order chi connectivity index (χ1) is 8.26. The van der Waals surface area contributed by atoms with E-state index in [1.807, 2.05) is 0 Å². The fraction of sp³-hybridized carbons (Fsp3) is 0.500. The number of aryl methyl sites for hydroxylation is 1. The van der Waals surface area contributed by atoms with Crippen LogP contribution >= 0.6 is 11.3 Å². The Morgan fingerprint density at radius 3 is 2.78 bits per heavy atom. The lowest BCUT2D eigenvalue weighted by Crippen LogP contribution is -2.27. The summed E-state index contributed by atoms with van der Waals surface area (Å²) in [5.41, 5.74) is 5.72. The first-order valence-corrected chi connectivity index (χ1v) is 6.17. The number of ether oxygens (including phenoxy) is 1. The number of nitrogens with two attached hydrogens (primary N) is 1. The molecule has 0 unspecified atom stereocenters. The predicted octanol–water partition coefficient (Wildman–Crippen LogP) is 1.96. The SMILES string of the molecule is Cn1nc(NC(=O)OC(C)(C)C)c2sc(N)nc21. The van der Waals surface area contributed by atoms with Crippen LogP contribution in [0.1, 0.15) is 20.8 Å². The Labute approximate surface area is 108 Å². The lowest BCUT2D eigenvalue weighted by Gasteiger charge is -2.19. The number of nitrogens with one attached hydrogen (secondary N) is 1. The lowest BCUT2D eigenvalue weighted by molar-refractivity contribution is 0.0635. The molecule has 0 aliphatic heterocycles. The normalized spacial score (nSPS) is 11.8. The number of hydrogen-bond acceptors (Lipinski definition) is 6. The van der Waals surface area contributed by atoms with Crippen molar-refractivity contribution in [3.8, 4) is 0 Å². The molecule has 0 fully saturated rings. The molecule has 0 radical (unpaired) electrons. The molecule has 2 aromatic heterocycles. The van der Waals surface area contributed by atoms with E-state index in [1.165, 1.54) is 11.3 Å². The fourth-order valence-corrected chi connectivity index (χ4v) is 2.23. The van der Waals surface area contributed by atoms with Gasteiger partial charge in [0.25, 0.3) is 0 Å². The van der Waals surface area contributed by atoms with E-state index in [0.29, 0.717) is 16.6 Å². The van der Waals surface area contributed by atoms with Gasteiger partial charge in [-0.1, -0.05) is 11.3 Å². The van der Waals surface area contributed by atoms with Crippen molar-refractivity contribution in [3.63, 3.8) is 0 Å². The zero-order valence-electron chi connectivity index (χ0n) is 10.6. The van der Waals surface area contributed by atoms with Crippen molar-refractivity contribution in [2.75, 3.05) is 11.1 Å². The van der Waals surface area contributed by atoms with Crippen molar-refractivity contribution in [3.05, 3.63) is 0 Å². The first kappa shape index (κ1) is 12.6. The highest BCUT2D eigenvalue weighted by Crippen LogP contribution is 2.30. The molecule has 0 aromatic carbocycles. The minimum atomic E-state index is -0.551. The Balaban J connectivity index is 2.24. The van der Waals surface area contributed by atoms with E-state index in [0.717, 1.165) is 4.70 Å². The average Bonchev–Trinajstić information content (AvgIpc) is 2.65. The number of fused-ring (bicyclic) bond motifs is 1. The van der Waals surface area contributed by atoms with Crippen molar-refractivity contribution in [1.29, 1.82) is 0 Å². The summed E-state index contributed by atoms with van der Waals surface area (Å²) in [5.74, 6) is 0.413. The third kappa shape index (κ3) is 2.53. The molecule has 0 aliphatic carbocycles. The molecule has 0 spiro atoms. The van der Waals surface area contributed by atoms with Crippen LogP contribution in [0.3, 0.4) is 0 Å². The number of nitrogen functional groups attached to an aromatic ring is 1. The molecule has 0 bridgehead atoms. The lowest BCUT2D eigenvalue weighted by atomic mass is 10.2. The second kappa shape index (κ2) is 4.13. The van der Waals surface area contributed by atoms with Crippen molar-refractivity contribution in [1.82, 2.24) is 14.8 Å². The van der Waals surface area contributed by atoms with Gasteiger partial charge in [-0.15, -0.1) is 0 Å². The van der Waals surface area contributed by atoms with Gasteiger partial charge in [-0.2, -0.15) is 5.10 Å². The Kier molecular flexibility index (Phi) is 2.89. The Bertz CT molecular complexity index is 595. The van der Waals surface area contributed by atoms with Gasteiger partial charge in [0.1, 0.15) is 10.3 Å². The second-order valence-electron chi connectivity index (χ2n) is 4.80. The molecule has 7 nitrogen and oxygen atoms in total. The molecule has 0 saturated carbocycles. The van der Waals surface area contributed by atoms with Gasteiger partial charge in [-0.05, 0) is 20.8 Å². The average molecular weight is 269 g/mol. The molecule has 1 amide bonds. The highest BCUT2D eigenvalue weighted by atomic mass is 32.1. The van der Waals surface area contributed by atoms with Gasteiger partial charge >= 0.3 is 6.09 Å². The number of amides is 1. The van der Waals surface area contributed by atoms with Crippen LogP contribution in [0.5, 0.6) is 0 Å². The third-order valence-electron chi connectivity index (χ3n) is 2.02. The number of thiazole rings is 1. The summed E-state index contributed by atoms with van der Waals surface area (Å²) < 4.78 is 7.46. The van der Waals surface area contributed by atoms with Crippen LogP contribution in [0.4, 0.5) is 15.7 Å². The predicted molar refractivity (Wildman–Crippen MR) is 70.7 cm³/mol. The molecular formula is C10H15N5O2S. The van der Waals surface area contributed by atoms with Gasteiger partial charge in [0.05, 0.1) is 0 Å². The first-order valence-electron chi connectivity index (χ1n) is 5.35. The van der Waals surface area contributed by atoms with Crippen LogP contribution < -0.4 is 11.1 Å². The monoisotopic (exact) mass is 269 g/mol.